The second-order valence-corrected chi connectivity index (χ2v) is 5.34. The summed E-state index contributed by atoms with van der Waals surface area (Å²) in [6.07, 6.45) is 6.76. The van der Waals surface area contributed by atoms with Crippen LogP contribution in [0, 0.1) is 11.8 Å². The lowest BCUT2D eigenvalue weighted by atomic mass is 9.83. The van der Waals surface area contributed by atoms with E-state index in [-0.39, 0.29) is 5.95 Å². The predicted octanol–water partition coefficient (Wildman–Crippen LogP) is 2.95. The van der Waals surface area contributed by atoms with Crippen LogP contribution in [0.2, 0.25) is 5.02 Å². The Hall–Kier alpha value is -1.03. The van der Waals surface area contributed by atoms with Crippen molar-refractivity contribution < 1.29 is 0 Å². The number of rotatable bonds is 3. The molecular weight excluding hydrogens is 236 g/mol. The van der Waals surface area contributed by atoms with Crippen LogP contribution in [0.25, 0.3) is 0 Å². The second kappa shape index (κ2) is 5.54. The Morgan fingerprint density at radius 3 is 2.82 bits per heavy atom. The van der Waals surface area contributed by atoms with Crippen LogP contribution in [0.1, 0.15) is 32.6 Å². The maximum absolute atomic E-state index is 5.99. The first-order valence-electron chi connectivity index (χ1n) is 6.17. The van der Waals surface area contributed by atoms with Gasteiger partial charge in [-0.05, 0) is 24.7 Å². The molecule has 1 saturated carbocycles. The van der Waals surface area contributed by atoms with Gasteiger partial charge in [-0.15, -0.1) is 0 Å². The average Bonchev–Trinajstić information content (AvgIpc) is 2.32. The largest absolute Gasteiger partial charge is 0.368 e. The molecule has 0 radical (unpaired) electrons. The Morgan fingerprint density at radius 1 is 1.41 bits per heavy atom. The van der Waals surface area contributed by atoms with Gasteiger partial charge >= 0.3 is 0 Å². The fraction of sp³-hybridized carbons (Fsp3) is 0.667. The molecular formula is C12H19ClN4. The van der Waals surface area contributed by atoms with Crippen LogP contribution in [0.15, 0.2) is 6.20 Å². The minimum Gasteiger partial charge on any atom is -0.368 e. The highest BCUT2D eigenvalue weighted by molar-refractivity contribution is 6.32. The molecule has 0 spiro atoms. The summed E-state index contributed by atoms with van der Waals surface area (Å²) in [6, 6.07) is 0. The Bertz CT molecular complexity index is 375. The summed E-state index contributed by atoms with van der Waals surface area (Å²) in [7, 11) is 0. The number of nitrogens with two attached hydrogens (primary N) is 1. The van der Waals surface area contributed by atoms with E-state index in [2.05, 4.69) is 22.2 Å². The average molecular weight is 255 g/mol. The topological polar surface area (TPSA) is 63.8 Å². The maximum atomic E-state index is 5.99. The number of hydrogen-bond donors (Lipinski definition) is 2. The molecule has 0 amide bonds. The number of halogens is 1. The molecule has 1 aromatic heterocycles. The third-order valence-corrected chi connectivity index (χ3v) is 3.73. The zero-order valence-electron chi connectivity index (χ0n) is 10.1. The van der Waals surface area contributed by atoms with Crippen LogP contribution in [-0.4, -0.2) is 16.5 Å². The van der Waals surface area contributed by atoms with Crippen molar-refractivity contribution in [1.82, 2.24) is 9.97 Å². The van der Waals surface area contributed by atoms with E-state index in [0.717, 1.165) is 18.4 Å². The zero-order chi connectivity index (χ0) is 12.3. The van der Waals surface area contributed by atoms with Gasteiger partial charge in [-0.2, -0.15) is 4.98 Å². The monoisotopic (exact) mass is 254 g/mol. The van der Waals surface area contributed by atoms with Crippen molar-refractivity contribution >= 4 is 23.4 Å². The lowest BCUT2D eigenvalue weighted by Gasteiger charge is -2.26. The molecule has 0 aliphatic heterocycles. The van der Waals surface area contributed by atoms with Crippen molar-refractivity contribution in [3.05, 3.63) is 11.2 Å². The smallest absolute Gasteiger partial charge is 0.222 e. The summed E-state index contributed by atoms with van der Waals surface area (Å²) in [4.78, 5) is 7.93. The lowest BCUT2D eigenvalue weighted by Crippen LogP contribution is -2.20. The summed E-state index contributed by atoms with van der Waals surface area (Å²) in [6.45, 7) is 3.24. The second-order valence-electron chi connectivity index (χ2n) is 4.93. The number of nitrogens with one attached hydrogen (secondary N) is 1. The normalized spacial score (nSPS) is 24.6. The van der Waals surface area contributed by atoms with E-state index in [1.54, 1.807) is 0 Å². The Balaban J connectivity index is 1.87. The third kappa shape index (κ3) is 3.46. The van der Waals surface area contributed by atoms with Crippen LogP contribution >= 0.6 is 11.6 Å². The molecule has 3 N–H and O–H groups in total. The van der Waals surface area contributed by atoms with Crippen LogP contribution in [-0.2, 0) is 0 Å². The quantitative estimate of drug-likeness (QED) is 0.871. The van der Waals surface area contributed by atoms with Crippen molar-refractivity contribution in [3.8, 4) is 0 Å². The van der Waals surface area contributed by atoms with Gasteiger partial charge in [0.25, 0.3) is 0 Å². The number of hydrogen-bond acceptors (Lipinski definition) is 4. The standard InChI is InChI=1S/C12H19ClN4/c1-8-2-4-9(5-3-8)6-15-11-10(13)7-16-12(14)17-11/h7-9H,2-6H2,1H3,(H3,14,15,16,17). The summed E-state index contributed by atoms with van der Waals surface area (Å²) in [5.74, 6) is 2.51. The number of anilines is 2. The number of nitrogens with zero attached hydrogens (tertiary/aromatic N) is 2. The summed E-state index contributed by atoms with van der Waals surface area (Å²) >= 11 is 5.99. The lowest BCUT2D eigenvalue weighted by molar-refractivity contribution is 0.300. The molecule has 0 saturated heterocycles. The van der Waals surface area contributed by atoms with E-state index >= 15 is 0 Å². The van der Waals surface area contributed by atoms with Crippen LogP contribution in [0.5, 0.6) is 0 Å². The number of nitrogen functional groups attached to an aromatic ring is 1. The van der Waals surface area contributed by atoms with Crippen molar-refractivity contribution in [2.24, 2.45) is 11.8 Å². The third-order valence-electron chi connectivity index (χ3n) is 3.46. The summed E-state index contributed by atoms with van der Waals surface area (Å²) in [5.41, 5.74) is 5.53. The van der Waals surface area contributed by atoms with E-state index in [1.807, 2.05) is 0 Å². The van der Waals surface area contributed by atoms with Crippen LogP contribution in [0.3, 0.4) is 0 Å². The highest BCUT2D eigenvalue weighted by Gasteiger charge is 2.18. The molecule has 94 valence electrons. The Labute approximate surface area is 107 Å². The molecule has 0 atom stereocenters. The van der Waals surface area contributed by atoms with Crippen molar-refractivity contribution in [1.29, 1.82) is 0 Å². The molecule has 1 aromatic rings. The van der Waals surface area contributed by atoms with Gasteiger partial charge in [0.15, 0.2) is 0 Å². The SMILES string of the molecule is CC1CCC(CNc2nc(N)ncc2Cl)CC1. The molecule has 0 bridgehead atoms. The molecule has 0 unspecified atom stereocenters. The first-order valence-corrected chi connectivity index (χ1v) is 6.55. The van der Waals surface area contributed by atoms with Crippen molar-refractivity contribution in [2.45, 2.75) is 32.6 Å². The zero-order valence-corrected chi connectivity index (χ0v) is 10.9. The minimum atomic E-state index is 0.258. The van der Waals surface area contributed by atoms with Gasteiger partial charge < -0.3 is 11.1 Å². The predicted molar refractivity (Wildman–Crippen MR) is 71.1 cm³/mol. The highest BCUT2D eigenvalue weighted by atomic mass is 35.5. The van der Waals surface area contributed by atoms with E-state index in [1.165, 1.54) is 31.9 Å². The molecule has 0 aromatic carbocycles. The summed E-state index contributed by atoms with van der Waals surface area (Å²) in [5, 5.41) is 3.81. The maximum Gasteiger partial charge on any atom is 0.222 e. The van der Waals surface area contributed by atoms with Gasteiger partial charge in [0.1, 0.15) is 10.8 Å². The van der Waals surface area contributed by atoms with E-state index in [9.17, 15) is 0 Å². The minimum absolute atomic E-state index is 0.258. The number of aromatic nitrogens is 2. The Kier molecular flexibility index (Phi) is 4.05. The van der Waals surface area contributed by atoms with Crippen LogP contribution in [0.4, 0.5) is 11.8 Å². The van der Waals surface area contributed by atoms with E-state index in [0.29, 0.717) is 10.8 Å². The molecule has 1 heterocycles. The van der Waals surface area contributed by atoms with Gasteiger partial charge in [-0.3, -0.25) is 0 Å². The van der Waals surface area contributed by atoms with E-state index < -0.39 is 0 Å². The molecule has 1 aliphatic rings. The molecule has 1 fully saturated rings. The highest BCUT2D eigenvalue weighted by Crippen LogP contribution is 2.29. The fourth-order valence-corrected chi connectivity index (χ4v) is 2.44. The van der Waals surface area contributed by atoms with Gasteiger partial charge in [-0.1, -0.05) is 31.4 Å². The van der Waals surface area contributed by atoms with Gasteiger partial charge in [0, 0.05) is 6.54 Å². The van der Waals surface area contributed by atoms with E-state index in [4.69, 9.17) is 17.3 Å². The van der Waals surface area contributed by atoms with Gasteiger partial charge in [0.2, 0.25) is 5.95 Å². The fourth-order valence-electron chi connectivity index (χ4n) is 2.28. The summed E-state index contributed by atoms with van der Waals surface area (Å²) < 4.78 is 0. The molecule has 5 heteroatoms. The van der Waals surface area contributed by atoms with Crippen molar-refractivity contribution in [2.75, 3.05) is 17.6 Å². The molecule has 2 rings (SSSR count). The Morgan fingerprint density at radius 2 is 2.12 bits per heavy atom. The molecule has 4 nitrogen and oxygen atoms in total. The first-order chi connectivity index (χ1) is 8.15. The molecule has 1 aliphatic carbocycles. The van der Waals surface area contributed by atoms with Crippen LogP contribution < -0.4 is 11.1 Å². The van der Waals surface area contributed by atoms with Crippen molar-refractivity contribution in [3.63, 3.8) is 0 Å². The van der Waals surface area contributed by atoms with Gasteiger partial charge in [0.05, 0.1) is 6.20 Å². The molecule has 17 heavy (non-hydrogen) atoms. The first kappa shape index (κ1) is 12.4. The van der Waals surface area contributed by atoms with Gasteiger partial charge in [-0.25, -0.2) is 4.98 Å².